The average Bonchev–Trinajstić information content (AvgIpc) is 2.49. The lowest BCUT2D eigenvalue weighted by molar-refractivity contribution is 0.122. The van der Waals surface area contributed by atoms with Crippen LogP contribution in [0, 0.1) is 0 Å². The van der Waals surface area contributed by atoms with Gasteiger partial charge < -0.3 is 10.4 Å². The van der Waals surface area contributed by atoms with E-state index in [0.717, 1.165) is 44.7 Å². The Bertz CT molecular complexity index is 403. The van der Waals surface area contributed by atoms with Crippen molar-refractivity contribution in [2.24, 2.45) is 0 Å². The SMILES string of the molecule is OC1CCC(c2ccccc2C2CCNCC2)CC1. The summed E-state index contributed by atoms with van der Waals surface area (Å²) in [6.07, 6.45) is 6.75. The molecule has 19 heavy (non-hydrogen) atoms. The summed E-state index contributed by atoms with van der Waals surface area (Å²) < 4.78 is 0. The van der Waals surface area contributed by atoms with E-state index in [0.29, 0.717) is 5.92 Å². The molecule has 0 atom stereocenters. The van der Waals surface area contributed by atoms with Crippen LogP contribution < -0.4 is 5.32 Å². The van der Waals surface area contributed by atoms with E-state index in [1.807, 2.05) is 0 Å². The molecule has 2 N–H and O–H groups in total. The average molecular weight is 259 g/mol. The molecule has 1 saturated heterocycles. The lowest BCUT2D eigenvalue weighted by atomic mass is 9.77. The Morgan fingerprint density at radius 1 is 0.789 bits per heavy atom. The number of aliphatic hydroxyl groups is 1. The van der Waals surface area contributed by atoms with Gasteiger partial charge in [-0.15, -0.1) is 0 Å². The van der Waals surface area contributed by atoms with Crippen molar-refractivity contribution in [2.45, 2.75) is 56.5 Å². The van der Waals surface area contributed by atoms with Gasteiger partial charge in [-0.1, -0.05) is 24.3 Å². The van der Waals surface area contributed by atoms with Crippen LogP contribution in [-0.4, -0.2) is 24.3 Å². The van der Waals surface area contributed by atoms with E-state index < -0.39 is 0 Å². The van der Waals surface area contributed by atoms with Crippen molar-refractivity contribution in [3.63, 3.8) is 0 Å². The number of piperidine rings is 1. The Labute approximate surface area is 116 Å². The molecule has 3 rings (SSSR count). The van der Waals surface area contributed by atoms with Gasteiger partial charge in [0.05, 0.1) is 6.10 Å². The van der Waals surface area contributed by atoms with Gasteiger partial charge in [-0.2, -0.15) is 0 Å². The summed E-state index contributed by atoms with van der Waals surface area (Å²) in [4.78, 5) is 0. The lowest BCUT2D eigenvalue weighted by Crippen LogP contribution is -2.27. The third-order valence-corrected chi connectivity index (χ3v) is 4.91. The van der Waals surface area contributed by atoms with Crippen molar-refractivity contribution >= 4 is 0 Å². The minimum Gasteiger partial charge on any atom is -0.393 e. The first kappa shape index (κ1) is 13.1. The third kappa shape index (κ3) is 3.01. The molecule has 2 fully saturated rings. The Morgan fingerprint density at radius 3 is 1.89 bits per heavy atom. The fourth-order valence-electron chi connectivity index (χ4n) is 3.77. The molecule has 104 valence electrons. The highest BCUT2D eigenvalue weighted by Crippen LogP contribution is 2.38. The molecule has 0 radical (unpaired) electrons. The first-order valence-corrected chi connectivity index (χ1v) is 7.82. The molecular formula is C17H25NO. The molecule has 2 heteroatoms. The van der Waals surface area contributed by atoms with E-state index in [2.05, 4.69) is 29.6 Å². The van der Waals surface area contributed by atoms with Gasteiger partial charge >= 0.3 is 0 Å². The molecule has 0 amide bonds. The molecule has 1 aliphatic carbocycles. The third-order valence-electron chi connectivity index (χ3n) is 4.91. The largest absolute Gasteiger partial charge is 0.393 e. The highest BCUT2D eigenvalue weighted by molar-refractivity contribution is 5.34. The topological polar surface area (TPSA) is 32.3 Å². The van der Waals surface area contributed by atoms with Crippen LogP contribution in [0.15, 0.2) is 24.3 Å². The summed E-state index contributed by atoms with van der Waals surface area (Å²) in [5.74, 6) is 1.42. The zero-order chi connectivity index (χ0) is 13.1. The maximum absolute atomic E-state index is 9.68. The smallest absolute Gasteiger partial charge is 0.0540 e. The molecule has 0 aromatic heterocycles. The first-order chi connectivity index (χ1) is 9.34. The van der Waals surface area contributed by atoms with Gasteiger partial charge in [0.1, 0.15) is 0 Å². The molecule has 1 aliphatic heterocycles. The normalized spacial score (nSPS) is 29.3. The van der Waals surface area contributed by atoms with Gasteiger partial charge in [-0.3, -0.25) is 0 Å². The Kier molecular flexibility index (Phi) is 4.19. The molecule has 0 unspecified atom stereocenters. The Balaban J connectivity index is 1.80. The van der Waals surface area contributed by atoms with Gasteiger partial charge in [0.15, 0.2) is 0 Å². The summed E-state index contributed by atoms with van der Waals surface area (Å²) in [7, 11) is 0. The highest BCUT2D eigenvalue weighted by Gasteiger charge is 2.25. The van der Waals surface area contributed by atoms with Crippen molar-refractivity contribution < 1.29 is 5.11 Å². The summed E-state index contributed by atoms with van der Waals surface area (Å²) in [5.41, 5.74) is 3.16. The van der Waals surface area contributed by atoms with Gasteiger partial charge in [-0.25, -0.2) is 0 Å². The van der Waals surface area contributed by atoms with E-state index >= 15 is 0 Å². The van der Waals surface area contributed by atoms with E-state index in [1.165, 1.54) is 12.8 Å². The first-order valence-electron chi connectivity index (χ1n) is 7.82. The number of aliphatic hydroxyl groups excluding tert-OH is 1. The van der Waals surface area contributed by atoms with Crippen LogP contribution in [0.2, 0.25) is 0 Å². The van der Waals surface area contributed by atoms with Crippen LogP contribution >= 0.6 is 0 Å². The molecule has 2 nitrogen and oxygen atoms in total. The van der Waals surface area contributed by atoms with Gasteiger partial charge in [0, 0.05) is 0 Å². The second-order valence-electron chi connectivity index (χ2n) is 6.16. The molecule has 1 heterocycles. The molecule has 0 spiro atoms. The minimum absolute atomic E-state index is 0.0534. The Hall–Kier alpha value is -0.860. The van der Waals surface area contributed by atoms with Crippen molar-refractivity contribution in [1.82, 2.24) is 5.32 Å². The molecule has 1 aromatic carbocycles. The van der Waals surface area contributed by atoms with E-state index in [4.69, 9.17) is 0 Å². The van der Waals surface area contributed by atoms with Crippen LogP contribution in [0.3, 0.4) is 0 Å². The maximum atomic E-state index is 9.68. The molecule has 2 aliphatic rings. The van der Waals surface area contributed by atoms with Gasteiger partial charge in [-0.05, 0) is 74.6 Å². The van der Waals surface area contributed by atoms with Crippen LogP contribution in [0.5, 0.6) is 0 Å². The lowest BCUT2D eigenvalue weighted by Gasteiger charge is -2.31. The van der Waals surface area contributed by atoms with E-state index in [9.17, 15) is 5.11 Å². The van der Waals surface area contributed by atoms with Gasteiger partial charge in [0.2, 0.25) is 0 Å². The molecule has 1 aromatic rings. The monoisotopic (exact) mass is 259 g/mol. The maximum Gasteiger partial charge on any atom is 0.0540 e. The summed E-state index contributed by atoms with van der Waals surface area (Å²) >= 11 is 0. The number of rotatable bonds is 2. The predicted octanol–water partition coefficient (Wildman–Crippen LogP) is 3.17. The number of nitrogens with one attached hydrogen (secondary N) is 1. The van der Waals surface area contributed by atoms with Crippen LogP contribution in [-0.2, 0) is 0 Å². The molecule has 1 saturated carbocycles. The predicted molar refractivity (Wildman–Crippen MR) is 78.5 cm³/mol. The van der Waals surface area contributed by atoms with Gasteiger partial charge in [0.25, 0.3) is 0 Å². The molecule has 0 bridgehead atoms. The minimum atomic E-state index is -0.0534. The standard InChI is InChI=1S/C17H25NO/c19-15-7-5-13(6-8-15)16-3-1-2-4-17(16)14-9-11-18-12-10-14/h1-4,13-15,18-19H,5-12H2. The van der Waals surface area contributed by atoms with Crippen molar-refractivity contribution in [2.75, 3.05) is 13.1 Å². The van der Waals surface area contributed by atoms with Crippen LogP contribution in [0.25, 0.3) is 0 Å². The fourth-order valence-corrected chi connectivity index (χ4v) is 3.77. The van der Waals surface area contributed by atoms with Crippen molar-refractivity contribution in [3.05, 3.63) is 35.4 Å². The zero-order valence-electron chi connectivity index (χ0n) is 11.6. The second kappa shape index (κ2) is 6.06. The highest BCUT2D eigenvalue weighted by atomic mass is 16.3. The summed E-state index contributed by atoms with van der Waals surface area (Å²) in [5, 5.41) is 13.1. The summed E-state index contributed by atoms with van der Waals surface area (Å²) in [6, 6.07) is 9.06. The molecular weight excluding hydrogens is 234 g/mol. The van der Waals surface area contributed by atoms with Crippen molar-refractivity contribution in [1.29, 1.82) is 0 Å². The van der Waals surface area contributed by atoms with Crippen molar-refractivity contribution in [3.8, 4) is 0 Å². The zero-order valence-corrected chi connectivity index (χ0v) is 11.6. The van der Waals surface area contributed by atoms with E-state index in [-0.39, 0.29) is 6.10 Å². The number of hydrogen-bond acceptors (Lipinski definition) is 2. The Morgan fingerprint density at radius 2 is 1.32 bits per heavy atom. The summed E-state index contributed by atoms with van der Waals surface area (Å²) in [6.45, 7) is 2.31. The van der Waals surface area contributed by atoms with E-state index in [1.54, 1.807) is 11.1 Å². The quantitative estimate of drug-likeness (QED) is 0.855. The van der Waals surface area contributed by atoms with Crippen LogP contribution in [0.4, 0.5) is 0 Å². The second-order valence-corrected chi connectivity index (χ2v) is 6.16. The number of benzene rings is 1. The van der Waals surface area contributed by atoms with Crippen LogP contribution in [0.1, 0.15) is 61.5 Å². The number of hydrogen-bond donors (Lipinski definition) is 2. The fraction of sp³-hybridized carbons (Fsp3) is 0.647.